The first-order valence-electron chi connectivity index (χ1n) is 4.60. The van der Waals surface area contributed by atoms with E-state index in [1.807, 2.05) is 0 Å². The van der Waals surface area contributed by atoms with Crippen molar-refractivity contribution in [3.8, 4) is 0 Å². The predicted octanol–water partition coefficient (Wildman–Crippen LogP) is 2.24. The molecule has 6 heteroatoms. The number of hydrogen-bond donors (Lipinski definition) is 0. The number of hydrogen-bond acceptors (Lipinski definition) is 3. The van der Waals surface area contributed by atoms with Crippen molar-refractivity contribution in [2.45, 2.75) is 32.4 Å². The van der Waals surface area contributed by atoms with E-state index in [4.69, 9.17) is 16.3 Å². The van der Waals surface area contributed by atoms with Gasteiger partial charge in [0.25, 0.3) is 0 Å². The van der Waals surface area contributed by atoms with Crippen molar-refractivity contribution in [1.82, 2.24) is 14.8 Å². The summed E-state index contributed by atoms with van der Waals surface area (Å²) in [5.74, 6) is 0. The van der Waals surface area contributed by atoms with Crippen LogP contribution < -0.4 is 0 Å². The quantitative estimate of drug-likeness (QED) is 0.579. The number of halogens is 1. The Balaban J connectivity index is 2.20. The van der Waals surface area contributed by atoms with E-state index < -0.39 is 8.07 Å². The first-order valence-corrected chi connectivity index (χ1v) is 8.68. The van der Waals surface area contributed by atoms with Gasteiger partial charge in [0.15, 0.2) is 0 Å². The lowest BCUT2D eigenvalue weighted by Gasteiger charge is -2.15. The Morgan fingerprint density at radius 2 is 2.21 bits per heavy atom. The van der Waals surface area contributed by atoms with Crippen LogP contribution >= 0.6 is 11.6 Å². The summed E-state index contributed by atoms with van der Waals surface area (Å²) in [4.78, 5) is 3.79. The summed E-state index contributed by atoms with van der Waals surface area (Å²) in [5.41, 5.74) is 0. The third-order valence-corrected chi connectivity index (χ3v) is 3.78. The Bertz CT molecular complexity index is 284. The maximum atomic E-state index is 5.73. The molecule has 80 valence electrons. The van der Waals surface area contributed by atoms with Crippen molar-refractivity contribution in [2.75, 3.05) is 6.61 Å². The lowest BCUT2D eigenvalue weighted by molar-refractivity contribution is 0.0785. The molecule has 14 heavy (non-hydrogen) atoms. The van der Waals surface area contributed by atoms with Crippen LogP contribution in [0.1, 0.15) is 0 Å². The minimum absolute atomic E-state index is 0.373. The maximum absolute atomic E-state index is 5.73. The third-order valence-electron chi connectivity index (χ3n) is 1.78. The van der Waals surface area contributed by atoms with Crippen LogP contribution in [0.15, 0.2) is 6.33 Å². The molecule has 1 heterocycles. The van der Waals surface area contributed by atoms with Gasteiger partial charge in [0, 0.05) is 14.7 Å². The summed E-state index contributed by atoms with van der Waals surface area (Å²) in [5, 5.41) is 4.28. The standard InChI is InChI=1S/C8H16ClN3OSi/c1-14(2,3)5-4-13-7-12-8(9)10-6-11-12/h6H,4-5,7H2,1-3H3. The molecule has 0 unspecified atom stereocenters. The van der Waals surface area contributed by atoms with Gasteiger partial charge >= 0.3 is 0 Å². The first kappa shape index (κ1) is 11.7. The van der Waals surface area contributed by atoms with Gasteiger partial charge in [-0.2, -0.15) is 5.10 Å². The van der Waals surface area contributed by atoms with Gasteiger partial charge in [-0.25, -0.2) is 9.67 Å². The molecule has 0 radical (unpaired) electrons. The van der Waals surface area contributed by atoms with Crippen molar-refractivity contribution >= 4 is 19.7 Å². The second-order valence-corrected chi connectivity index (χ2v) is 10.3. The molecule has 0 saturated carbocycles. The summed E-state index contributed by atoms with van der Waals surface area (Å²) in [6, 6.07) is 1.15. The van der Waals surface area contributed by atoms with E-state index in [-0.39, 0.29) is 0 Å². The van der Waals surface area contributed by atoms with Gasteiger partial charge in [0.2, 0.25) is 5.28 Å². The number of rotatable bonds is 5. The van der Waals surface area contributed by atoms with Crippen LogP contribution in [0.25, 0.3) is 0 Å². The van der Waals surface area contributed by atoms with E-state index >= 15 is 0 Å². The van der Waals surface area contributed by atoms with Crippen LogP contribution in [0, 0.1) is 0 Å². The van der Waals surface area contributed by atoms with E-state index in [9.17, 15) is 0 Å². The van der Waals surface area contributed by atoms with Gasteiger partial charge in [-0.1, -0.05) is 19.6 Å². The van der Waals surface area contributed by atoms with E-state index in [1.54, 1.807) is 0 Å². The summed E-state index contributed by atoms with van der Waals surface area (Å²) in [6.07, 6.45) is 1.42. The molecular weight excluding hydrogens is 218 g/mol. The Kier molecular flexibility index (Phi) is 4.09. The average Bonchev–Trinajstić information content (AvgIpc) is 2.44. The van der Waals surface area contributed by atoms with Crippen LogP contribution in [0.5, 0.6) is 0 Å². The van der Waals surface area contributed by atoms with Crippen molar-refractivity contribution < 1.29 is 4.74 Å². The Morgan fingerprint density at radius 1 is 1.50 bits per heavy atom. The summed E-state index contributed by atoms with van der Waals surface area (Å²) < 4.78 is 6.98. The van der Waals surface area contributed by atoms with Gasteiger partial charge in [0.1, 0.15) is 13.1 Å². The highest BCUT2D eigenvalue weighted by Crippen LogP contribution is 2.08. The smallest absolute Gasteiger partial charge is 0.223 e. The highest BCUT2D eigenvalue weighted by atomic mass is 35.5. The molecule has 0 aliphatic carbocycles. The van der Waals surface area contributed by atoms with Crippen LogP contribution in [-0.4, -0.2) is 29.4 Å². The molecule has 0 spiro atoms. The highest BCUT2D eigenvalue weighted by Gasteiger charge is 2.12. The van der Waals surface area contributed by atoms with Gasteiger partial charge < -0.3 is 4.74 Å². The molecule has 0 atom stereocenters. The number of aromatic nitrogens is 3. The Morgan fingerprint density at radius 3 is 2.71 bits per heavy atom. The van der Waals surface area contributed by atoms with E-state index in [0.29, 0.717) is 12.0 Å². The molecule has 0 aromatic carbocycles. The maximum Gasteiger partial charge on any atom is 0.223 e. The largest absolute Gasteiger partial charge is 0.359 e. The molecule has 0 saturated heterocycles. The average molecular weight is 234 g/mol. The van der Waals surface area contributed by atoms with Gasteiger partial charge in [0.05, 0.1) is 0 Å². The normalized spacial score (nSPS) is 12.0. The monoisotopic (exact) mass is 233 g/mol. The molecule has 0 aliphatic heterocycles. The van der Waals surface area contributed by atoms with Gasteiger partial charge in [-0.3, -0.25) is 0 Å². The van der Waals surface area contributed by atoms with Crippen LogP contribution in [0.2, 0.25) is 31.0 Å². The molecule has 0 amide bonds. The summed E-state index contributed by atoms with van der Waals surface area (Å²) in [7, 11) is -0.996. The Hall–Kier alpha value is -0.393. The SMILES string of the molecule is C[Si](C)(C)CCOCn1ncnc1Cl. The lowest BCUT2D eigenvalue weighted by Crippen LogP contribution is -2.22. The summed E-state index contributed by atoms with van der Waals surface area (Å²) in [6.45, 7) is 8.12. The second-order valence-electron chi connectivity index (χ2n) is 4.38. The van der Waals surface area contributed by atoms with Crippen molar-refractivity contribution in [1.29, 1.82) is 0 Å². The number of nitrogens with zero attached hydrogens (tertiary/aromatic N) is 3. The molecule has 4 nitrogen and oxygen atoms in total. The molecule has 0 N–H and O–H groups in total. The molecule has 1 aromatic rings. The molecular formula is C8H16ClN3OSi. The zero-order valence-corrected chi connectivity index (χ0v) is 10.6. The third kappa shape index (κ3) is 4.21. The topological polar surface area (TPSA) is 39.9 Å². The minimum Gasteiger partial charge on any atom is -0.359 e. The van der Waals surface area contributed by atoms with Crippen molar-refractivity contribution in [2.24, 2.45) is 0 Å². The zero-order valence-electron chi connectivity index (χ0n) is 8.83. The first-order chi connectivity index (χ1) is 6.49. The molecule has 0 aliphatic rings. The molecule has 1 rings (SSSR count). The fraction of sp³-hybridized carbons (Fsp3) is 0.750. The Labute approximate surface area is 90.2 Å². The number of ether oxygens (including phenoxy) is 1. The second kappa shape index (κ2) is 4.91. The molecule has 0 bridgehead atoms. The molecule has 0 fully saturated rings. The minimum atomic E-state index is -0.996. The van der Waals surface area contributed by atoms with Crippen molar-refractivity contribution in [3.05, 3.63) is 11.6 Å². The predicted molar refractivity (Wildman–Crippen MR) is 59.1 cm³/mol. The van der Waals surface area contributed by atoms with Crippen LogP contribution in [-0.2, 0) is 11.5 Å². The van der Waals surface area contributed by atoms with Gasteiger partial charge in [-0.05, 0) is 17.6 Å². The molecule has 1 aromatic heterocycles. The summed E-state index contributed by atoms with van der Waals surface area (Å²) >= 11 is 5.73. The lowest BCUT2D eigenvalue weighted by atomic mass is 10.8. The highest BCUT2D eigenvalue weighted by molar-refractivity contribution is 6.76. The fourth-order valence-electron chi connectivity index (χ4n) is 0.866. The van der Waals surface area contributed by atoms with E-state index in [0.717, 1.165) is 12.7 Å². The van der Waals surface area contributed by atoms with Crippen LogP contribution in [0.4, 0.5) is 0 Å². The van der Waals surface area contributed by atoms with E-state index in [2.05, 4.69) is 29.7 Å². The van der Waals surface area contributed by atoms with Crippen molar-refractivity contribution in [3.63, 3.8) is 0 Å². The van der Waals surface area contributed by atoms with E-state index in [1.165, 1.54) is 11.0 Å². The van der Waals surface area contributed by atoms with Gasteiger partial charge in [-0.15, -0.1) is 0 Å². The fourth-order valence-corrected chi connectivity index (χ4v) is 1.76. The van der Waals surface area contributed by atoms with Crippen LogP contribution in [0.3, 0.4) is 0 Å². The zero-order chi connectivity index (χ0) is 10.6.